The zero-order chi connectivity index (χ0) is 14.5. The lowest BCUT2D eigenvalue weighted by atomic mass is 9.97. The van der Waals surface area contributed by atoms with E-state index in [-0.39, 0.29) is 6.04 Å². The molecular weight excluding hydrogens is 250 g/mol. The molecule has 0 fully saturated rings. The van der Waals surface area contributed by atoms with Crippen molar-refractivity contribution in [1.29, 1.82) is 0 Å². The SMILES string of the molecule is COc1cccc(CC(c2cccc(O)c2)N(C)C)c1. The first-order valence-electron chi connectivity index (χ1n) is 6.68. The highest BCUT2D eigenvalue weighted by molar-refractivity contribution is 5.33. The average molecular weight is 271 g/mol. The molecule has 0 radical (unpaired) electrons. The number of phenols is 1. The van der Waals surface area contributed by atoms with Gasteiger partial charge < -0.3 is 14.7 Å². The molecule has 3 nitrogen and oxygen atoms in total. The summed E-state index contributed by atoms with van der Waals surface area (Å²) in [6.07, 6.45) is 0.869. The monoisotopic (exact) mass is 271 g/mol. The number of aromatic hydroxyl groups is 1. The second kappa shape index (κ2) is 6.44. The molecule has 0 aliphatic rings. The smallest absolute Gasteiger partial charge is 0.119 e. The Bertz CT molecular complexity index is 566. The summed E-state index contributed by atoms with van der Waals surface area (Å²) in [4.78, 5) is 2.16. The second-order valence-corrected chi connectivity index (χ2v) is 5.13. The highest BCUT2D eigenvalue weighted by atomic mass is 16.5. The molecule has 0 aromatic heterocycles. The molecule has 3 heteroatoms. The van der Waals surface area contributed by atoms with Gasteiger partial charge in [0.15, 0.2) is 0 Å². The van der Waals surface area contributed by atoms with Gasteiger partial charge in [-0.05, 0) is 55.9 Å². The van der Waals surface area contributed by atoms with Crippen LogP contribution in [0.4, 0.5) is 0 Å². The minimum atomic E-state index is 0.217. The number of ether oxygens (including phenoxy) is 1. The van der Waals surface area contributed by atoms with Crippen LogP contribution >= 0.6 is 0 Å². The van der Waals surface area contributed by atoms with Gasteiger partial charge in [0.05, 0.1) is 7.11 Å². The summed E-state index contributed by atoms with van der Waals surface area (Å²) < 4.78 is 5.27. The number of benzene rings is 2. The van der Waals surface area contributed by atoms with Gasteiger partial charge in [-0.1, -0.05) is 24.3 Å². The van der Waals surface area contributed by atoms with Crippen molar-refractivity contribution in [2.24, 2.45) is 0 Å². The molecule has 0 heterocycles. The third-order valence-electron chi connectivity index (χ3n) is 3.44. The summed E-state index contributed by atoms with van der Waals surface area (Å²) in [5, 5.41) is 9.65. The highest BCUT2D eigenvalue weighted by Crippen LogP contribution is 2.26. The van der Waals surface area contributed by atoms with Crippen molar-refractivity contribution in [3.8, 4) is 11.5 Å². The van der Waals surface area contributed by atoms with Crippen molar-refractivity contribution >= 4 is 0 Å². The van der Waals surface area contributed by atoms with E-state index in [0.717, 1.165) is 17.7 Å². The van der Waals surface area contributed by atoms with Crippen molar-refractivity contribution < 1.29 is 9.84 Å². The molecule has 0 spiro atoms. The fourth-order valence-corrected chi connectivity index (χ4v) is 2.35. The number of likely N-dealkylation sites (N-methyl/N-ethyl adjacent to an activating group) is 1. The summed E-state index contributed by atoms with van der Waals surface area (Å²) in [7, 11) is 5.78. The van der Waals surface area contributed by atoms with Crippen LogP contribution < -0.4 is 4.74 Å². The van der Waals surface area contributed by atoms with Gasteiger partial charge in [0.2, 0.25) is 0 Å². The zero-order valence-corrected chi connectivity index (χ0v) is 12.2. The van der Waals surface area contributed by atoms with E-state index in [9.17, 15) is 5.11 Å². The van der Waals surface area contributed by atoms with Gasteiger partial charge in [-0.15, -0.1) is 0 Å². The van der Waals surface area contributed by atoms with Crippen LogP contribution in [0, 0.1) is 0 Å². The van der Waals surface area contributed by atoms with Gasteiger partial charge in [-0.3, -0.25) is 0 Å². The fourth-order valence-electron chi connectivity index (χ4n) is 2.35. The standard InChI is InChI=1S/C17H21NO2/c1-18(2)17(14-7-5-8-15(19)12-14)11-13-6-4-9-16(10-13)20-3/h4-10,12,17,19H,11H2,1-3H3. The van der Waals surface area contributed by atoms with Gasteiger partial charge in [0.25, 0.3) is 0 Å². The van der Waals surface area contributed by atoms with Crippen LogP contribution in [-0.2, 0) is 6.42 Å². The van der Waals surface area contributed by atoms with Gasteiger partial charge in [0, 0.05) is 6.04 Å². The first-order chi connectivity index (χ1) is 9.60. The van der Waals surface area contributed by atoms with Gasteiger partial charge >= 0.3 is 0 Å². The lowest BCUT2D eigenvalue weighted by molar-refractivity contribution is 0.296. The maximum atomic E-state index is 9.65. The number of nitrogens with zero attached hydrogens (tertiary/aromatic N) is 1. The Morgan fingerprint density at radius 3 is 2.50 bits per heavy atom. The molecule has 2 aromatic rings. The van der Waals surface area contributed by atoms with Crippen LogP contribution in [0.1, 0.15) is 17.2 Å². The van der Waals surface area contributed by atoms with Crippen molar-refractivity contribution in [3.63, 3.8) is 0 Å². The van der Waals surface area contributed by atoms with E-state index < -0.39 is 0 Å². The van der Waals surface area contributed by atoms with Gasteiger partial charge in [0.1, 0.15) is 11.5 Å². The quantitative estimate of drug-likeness (QED) is 0.906. The normalized spacial score (nSPS) is 12.4. The van der Waals surface area contributed by atoms with E-state index in [1.165, 1.54) is 5.56 Å². The summed E-state index contributed by atoms with van der Waals surface area (Å²) in [5.74, 6) is 1.18. The van der Waals surface area contributed by atoms with Crippen LogP contribution in [0.25, 0.3) is 0 Å². The van der Waals surface area contributed by atoms with Gasteiger partial charge in [-0.2, -0.15) is 0 Å². The summed E-state index contributed by atoms with van der Waals surface area (Å²) in [6.45, 7) is 0. The summed E-state index contributed by atoms with van der Waals surface area (Å²) in [5.41, 5.74) is 2.32. The first-order valence-corrected chi connectivity index (χ1v) is 6.68. The molecule has 0 bridgehead atoms. The van der Waals surface area contributed by atoms with Crippen LogP contribution in [0.15, 0.2) is 48.5 Å². The molecular formula is C17H21NO2. The van der Waals surface area contributed by atoms with Crippen molar-refractivity contribution in [2.75, 3.05) is 21.2 Å². The van der Waals surface area contributed by atoms with Crippen LogP contribution in [0.3, 0.4) is 0 Å². The fraction of sp³-hybridized carbons (Fsp3) is 0.294. The highest BCUT2D eigenvalue weighted by Gasteiger charge is 2.15. The summed E-state index contributed by atoms with van der Waals surface area (Å²) in [6, 6.07) is 15.8. The van der Waals surface area contributed by atoms with Crippen molar-refractivity contribution in [1.82, 2.24) is 4.90 Å². The van der Waals surface area contributed by atoms with E-state index in [2.05, 4.69) is 31.1 Å². The molecule has 1 unspecified atom stereocenters. The molecule has 2 aromatic carbocycles. The largest absolute Gasteiger partial charge is 0.508 e. The first kappa shape index (κ1) is 14.4. The minimum Gasteiger partial charge on any atom is -0.508 e. The minimum absolute atomic E-state index is 0.217. The summed E-state index contributed by atoms with van der Waals surface area (Å²) >= 11 is 0. The number of rotatable bonds is 5. The van der Waals surface area contributed by atoms with Crippen LogP contribution in [0.2, 0.25) is 0 Å². The third-order valence-corrected chi connectivity index (χ3v) is 3.44. The van der Waals surface area contributed by atoms with E-state index in [0.29, 0.717) is 5.75 Å². The lowest BCUT2D eigenvalue weighted by Gasteiger charge is -2.25. The maximum absolute atomic E-state index is 9.65. The Morgan fingerprint density at radius 1 is 1.10 bits per heavy atom. The molecule has 0 amide bonds. The second-order valence-electron chi connectivity index (χ2n) is 5.13. The van der Waals surface area contributed by atoms with E-state index in [4.69, 9.17) is 4.74 Å². The Kier molecular flexibility index (Phi) is 4.64. The molecule has 2 rings (SSSR count). The van der Waals surface area contributed by atoms with E-state index in [1.54, 1.807) is 13.2 Å². The topological polar surface area (TPSA) is 32.7 Å². The Hall–Kier alpha value is -2.00. The molecule has 0 aliphatic heterocycles. The molecule has 106 valence electrons. The predicted octanol–water partition coefficient (Wildman–Crippen LogP) is 3.25. The number of hydrogen-bond acceptors (Lipinski definition) is 3. The van der Waals surface area contributed by atoms with E-state index in [1.807, 2.05) is 30.3 Å². The molecule has 1 atom stereocenters. The Morgan fingerprint density at radius 2 is 1.85 bits per heavy atom. The Balaban J connectivity index is 2.25. The maximum Gasteiger partial charge on any atom is 0.119 e. The van der Waals surface area contributed by atoms with Crippen LogP contribution in [-0.4, -0.2) is 31.2 Å². The predicted molar refractivity (Wildman–Crippen MR) is 81.2 cm³/mol. The number of hydrogen-bond donors (Lipinski definition) is 1. The number of phenolic OH excluding ortho intramolecular Hbond substituents is 1. The van der Waals surface area contributed by atoms with Crippen molar-refractivity contribution in [3.05, 3.63) is 59.7 Å². The molecule has 20 heavy (non-hydrogen) atoms. The molecule has 0 saturated heterocycles. The van der Waals surface area contributed by atoms with E-state index >= 15 is 0 Å². The molecule has 0 aliphatic carbocycles. The zero-order valence-electron chi connectivity index (χ0n) is 12.2. The molecule has 0 saturated carbocycles. The lowest BCUT2D eigenvalue weighted by Crippen LogP contribution is -2.22. The number of methoxy groups -OCH3 is 1. The van der Waals surface area contributed by atoms with Crippen molar-refractivity contribution in [2.45, 2.75) is 12.5 Å². The Labute approximate surface area is 120 Å². The van der Waals surface area contributed by atoms with Gasteiger partial charge in [-0.25, -0.2) is 0 Å². The third kappa shape index (κ3) is 3.52. The molecule has 1 N–H and O–H groups in total. The van der Waals surface area contributed by atoms with Crippen LogP contribution in [0.5, 0.6) is 11.5 Å². The average Bonchev–Trinajstić information content (AvgIpc) is 2.44.